The summed E-state index contributed by atoms with van der Waals surface area (Å²) in [4.78, 5) is 43.8. The number of fused-ring (bicyclic) bond motifs is 5. The molecule has 0 radical (unpaired) electrons. The van der Waals surface area contributed by atoms with Gasteiger partial charge in [0, 0.05) is 38.3 Å². The van der Waals surface area contributed by atoms with Gasteiger partial charge >= 0.3 is 17.8 Å². The standard InChI is InChI=1S/C28H27FN6O3.C2H5NO2/c1-14-10-21(36)38-18-9-8-17(11-18)35-25-20(34(3)28(35)37)12-30-27-23(25)22(16-6-4-15(14)5-7-16)24(31-27)19-13-33(2)32-26(19)29;1-5-2(3)4/h4-7,12-14,17-18H,8-11H2,1-3H3,(H,30,31);1H3,(H2,3,4). The first-order valence-electron chi connectivity index (χ1n) is 14.0. The number of benzene rings is 1. The summed E-state index contributed by atoms with van der Waals surface area (Å²) in [5.41, 5.74) is 9.79. The number of pyridine rings is 1. The summed E-state index contributed by atoms with van der Waals surface area (Å²) in [5.74, 6) is -0.835. The van der Waals surface area contributed by atoms with Gasteiger partial charge in [-0.2, -0.15) is 4.39 Å². The number of esters is 1. The van der Waals surface area contributed by atoms with Crippen molar-refractivity contribution in [3.05, 3.63) is 58.7 Å². The van der Waals surface area contributed by atoms with Crippen LogP contribution in [0.5, 0.6) is 0 Å². The molecule has 5 aromatic rings. The maximum Gasteiger partial charge on any atom is 0.404 e. The Balaban J connectivity index is 0.000000611. The van der Waals surface area contributed by atoms with Crippen molar-refractivity contribution in [2.24, 2.45) is 19.8 Å². The van der Waals surface area contributed by atoms with Crippen molar-refractivity contribution < 1.29 is 23.5 Å². The highest BCUT2D eigenvalue weighted by atomic mass is 19.1. The Kier molecular flexibility index (Phi) is 7.03. The number of primary amides is 1. The number of carbonyl (C=O) groups is 2. The molecule has 3 atom stereocenters. The highest BCUT2D eigenvalue weighted by Crippen LogP contribution is 2.43. The molecule has 4 aromatic heterocycles. The number of hydrogen-bond acceptors (Lipinski definition) is 7. The van der Waals surface area contributed by atoms with Crippen LogP contribution in [0.4, 0.5) is 9.18 Å². The molecule has 1 amide bonds. The number of aryl methyl sites for hydroxylation is 2. The Morgan fingerprint density at radius 1 is 1.19 bits per heavy atom. The third-order valence-electron chi connectivity index (χ3n) is 8.39. The SMILES string of the molecule is CC1CC(=O)OC2CCC(C2)n2c(=O)n(C)c3cnc4[nH]c(-c5cn(C)nc5F)c(c4c32)-c2ccc1cc2.COC(N)=O. The largest absolute Gasteiger partial charge is 0.462 e. The van der Waals surface area contributed by atoms with Gasteiger partial charge in [-0.1, -0.05) is 31.2 Å². The lowest BCUT2D eigenvalue weighted by molar-refractivity contribution is -0.149. The number of rotatable bonds is 1. The number of amides is 1. The van der Waals surface area contributed by atoms with E-state index in [9.17, 15) is 14.4 Å². The Morgan fingerprint density at radius 2 is 1.91 bits per heavy atom. The van der Waals surface area contributed by atoms with E-state index in [0.29, 0.717) is 41.7 Å². The van der Waals surface area contributed by atoms with Crippen molar-refractivity contribution in [3.8, 4) is 22.4 Å². The van der Waals surface area contributed by atoms with Crippen molar-refractivity contribution in [2.75, 3.05) is 7.11 Å². The van der Waals surface area contributed by atoms with Gasteiger partial charge in [-0.25, -0.2) is 14.6 Å². The smallest absolute Gasteiger partial charge is 0.404 e. The van der Waals surface area contributed by atoms with Crippen LogP contribution in [0.1, 0.15) is 50.1 Å². The molecule has 1 saturated carbocycles. The summed E-state index contributed by atoms with van der Waals surface area (Å²) < 4.78 is 29.7. The predicted octanol–water partition coefficient (Wildman–Crippen LogP) is 4.28. The second-order valence-electron chi connectivity index (χ2n) is 11.1. The van der Waals surface area contributed by atoms with E-state index >= 15 is 4.39 Å². The van der Waals surface area contributed by atoms with Gasteiger partial charge in [-0.05, 0) is 29.9 Å². The van der Waals surface area contributed by atoms with Gasteiger partial charge in [0.25, 0.3) is 0 Å². The number of hydrogen-bond donors (Lipinski definition) is 2. The summed E-state index contributed by atoms with van der Waals surface area (Å²) >= 11 is 0. The summed E-state index contributed by atoms with van der Waals surface area (Å²) in [7, 11) is 4.64. The van der Waals surface area contributed by atoms with E-state index in [1.54, 1.807) is 31.1 Å². The molecule has 6 heterocycles. The number of H-pyrrole nitrogens is 1. The molecule has 43 heavy (non-hydrogen) atoms. The second-order valence-corrected chi connectivity index (χ2v) is 11.1. The third-order valence-corrected chi connectivity index (χ3v) is 8.39. The van der Waals surface area contributed by atoms with Gasteiger partial charge in [0.05, 0.1) is 47.4 Å². The van der Waals surface area contributed by atoms with E-state index in [4.69, 9.17) is 4.74 Å². The van der Waals surface area contributed by atoms with Gasteiger partial charge in [0.15, 0.2) is 0 Å². The number of nitrogens with two attached hydrogens (primary N) is 1. The van der Waals surface area contributed by atoms with Gasteiger partial charge in [0.1, 0.15) is 11.8 Å². The predicted molar refractivity (Wildman–Crippen MR) is 157 cm³/mol. The number of aromatic nitrogens is 6. The maximum atomic E-state index is 15.1. The summed E-state index contributed by atoms with van der Waals surface area (Å²) in [6, 6.07) is 7.81. The molecule has 13 heteroatoms. The lowest BCUT2D eigenvalue weighted by Crippen LogP contribution is -2.26. The first-order chi connectivity index (χ1) is 20.6. The van der Waals surface area contributed by atoms with Gasteiger partial charge in [-0.15, -0.1) is 5.10 Å². The van der Waals surface area contributed by atoms with E-state index in [2.05, 4.69) is 25.5 Å². The Hall–Kier alpha value is -4.94. The van der Waals surface area contributed by atoms with E-state index < -0.39 is 12.0 Å². The van der Waals surface area contributed by atoms with E-state index in [0.717, 1.165) is 27.6 Å². The molecule has 224 valence electrons. The van der Waals surface area contributed by atoms with Crippen LogP contribution in [0.2, 0.25) is 0 Å². The molecular formula is C30H32FN7O5. The molecule has 1 fully saturated rings. The van der Waals surface area contributed by atoms with Crippen LogP contribution in [-0.2, 0) is 28.4 Å². The maximum absolute atomic E-state index is 15.1. The lowest BCUT2D eigenvalue weighted by atomic mass is 9.93. The zero-order chi connectivity index (χ0) is 30.6. The highest BCUT2D eigenvalue weighted by Gasteiger charge is 2.34. The van der Waals surface area contributed by atoms with Gasteiger partial charge in [-0.3, -0.25) is 18.6 Å². The van der Waals surface area contributed by atoms with Crippen molar-refractivity contribution in [1.82, 2.24) is 28.9 Å². The summed E-state index contributed by atoms with van der Waals surface area (Å²) in [6.07, 6.45) is 4.60. The van der Waals surface area contributed by atoms with Crippen molar-refractivity contribution >= 4 is 34.1 Å². The molecule has 3 unspecified atom stereocenters. The number of aromatic amines is 1. The first kappa shape index (κ1) is 28.2. The average molecular weight is 590 g/mol. The van der Waals surface area contributed by atoms with Crippen molar-refractivity contribution in [1.29, 1.82) is 0 Å². The van der Waals surface area contributed by atoms with E-state index in [1.165, 1.54) is 11.8 Å². The van der Waals surface area contributed by atoms with Gasteiger partial charge < -0.3 is 20.2 Å². The minimum absolute atomic E-state index is 0.0217. The molecule has 3 N–H and O–H groups in total. The van der Waals surface area contributed by atoms with E-state index in [-0.39, 0.29) is 36.1 Å². The Morgan fingerprint density at radius 3 is 2.56 bits per heavy atom. The fourth-order valence-corrected chi connectivity index (χ4v) is 6.28. The van der Waals surface area contributed by atoms with Crippen LogP contribution in [0.15, 0.2) is 41.5 Å². The topological polar surface area (TPSA) is 152 Å². The number of halogens is 1. The monoisotopic (exact) mass is 589 g/mol. The highest BCUT2D eigenvalue weighted by molar-refractivity contribution is 6.14. The molecule has 2 aliphatic heterocycles. The minimum Gasteiger partial charge on any atom is -0.462 e. The number of nitrogens with one attached hydrogen (secondary N) is 1. The molecule has 1 aromatic carbocycles. The summed E-state index contributed by atoms with van der Waals surface area (Å²) in [5, 5.41) is 4.69. The quantitative estimate of drug-likeness (QED) is 0.277. The number of nitrogens with zero attached hydrogens (tertiary/aromatic N) is 5. The average Bonchev–Trinajstić information content (AvgIpc) is 3.73. The van der Waals surface area contributed by atoms with Crippen molar-refractivity contribution in [2.45, 2.75) is 50.7 Å². The molecule has 1 aliphatic carbocycles. The molecule has 3 aliphatic rings. The fraction of sp³-hybridized carbons (Fsp3) is 0.367. The van der Waals surface area contributed by atoms with Crippen LogP contribution < -0.4 is 11.4 Å². The van der Waals surface area contributed by atoms with Crippen LogP contribution >= 0.6 is 0 Å². The number of methoxy groups -OCH3 is 1. The molecular weight excluding hydrogens is 557 g/mol. The van der Waals surface area contributed by atoms with E-state index in [1.807, 2.05) is 35.8 Å². The minimum atomic E-state index is -0.745. The van der Waals surface area contributed by atoms with Gasteiger partial charge in [0.2, 0.25) is 5.95 Å². The second kappa shape index (κ2) is 10.7. The fourth-order valence-electron chi connectivity index (χ4n) is 6.28. The van der Waals surface area contributed by atoms with Crippen LogP contribution in [0.25, 0.3) is 44.5 Å². The third kappa shape index (κ3) is 4.84. The molecule has 4 bridgehead atoms. The number of carbonyl (C=O) groups excluding carboxylic acids is 2. The Bertz CT molecular complexity index is 1930. The molecule has 0 saturated heterocycles. The molecule has 8 rings (SSSR count). The molecule has 0 spiro atoms. The normalized spacial score (nSPS) is 19.7. The number of ether oxygens (including phenoxy) is 2. The van der Waals surface area contributed by atoms with Crippen LogP contribution in [0.3, 0.4) is 0 Å². The lowest BCUT2D eigenvalue weighted by Gasteiger charge is -2.16. The zero-order valence-corrected chi connectivity index (χ0v) is 24.3. The van der Waals surface area contributed by atoms with Crippen LogP contribution in [-0.4, -0.2) is 54.2 Å². The Labute approximate surface area is 245 Å². The molecule has 12 nitrogen and oxygen atoms in total. The zero-order valence-electron chi connectivity index (χ0n) is 24.3. The first-order valence-corrected chi connectivity index (χ1v) is 14.0. The summed E-state index contributed by atoms with van der Waals surface area (Å²) in [6.45, 7) is 2.01. The number of imidazole rings is 1. The van der Waals surface area contributed by atoms with Crippen molar-refractivity contribution in [3.63, 3.8) is 0 Å². The van der Waals surface area contributed by atoms with Crippen LogP contribution in [0, 0.1) is 5.95 Å².